The highest BCUT2D eigenvalue weighted by Gasteiger charge is 2.35. The molecule has 2 atom stereocenters. The smallest absolute Gasteiger partial charge is 0.391 e. The number of pyridine rings is 1. The Morgan fingerprint density at radius 1 is 1.31 bits per heavy atom. The predicted octanol–water partition coefficient (Wildman–Crippen LogP) is 1.81. The molecule has 0 spiro atoms. The lowest BCUT2D eigenvalue weighted by molar-refractivity contribution is -0.145. The van der Waals surface area contributed by atoms with E-state index in [1.807, 2.05) is 0 Å². The van der Waals surface area contributed by atoms with E-state index in [1.54, 1.807) is 0 Å². The SMILES string of the molecule is CC(O)C(C)n1c(C(F)(F)F)cccc1=O. The minimum atomic E-state index is -4.61. The minimum Gasteiger partial charge on any atom is -0.391 e. The lowest BCUT2D eigenvalue weighted by Crippen LogP contribution is -2.33. The maximum atomic E-state index is 12.6. The molecule has 0 aromatic carbocycles. The van der Waals surface area contributed by atoms with Crippen molar-refractivity contribution < 1.29 is 18.3 Å². The van der Waals surface area contributed by atoms with E-state index in [4.69, 9.17) is 0 Å². The maximum Gasteiger partial charge on any atom is 0.431 e. The van der Waals surface area contributed by atoms with Gasteiger partial charge in [0.05, 0.1) is 12.1 Å². The topological polar surface area (TPSA) is 42.2 Å². The Morgan fingerprint density at radius 2 is 1.88 bits per heavy atom. The van der Waals surface area contributed by atoms with Gasteiger partial charge >= 0.3 is 6.18 Å². The number of aromatic nitrogens is 1. The second kappa shape index (κ2) is 4.29. The first-order valence-electron chi connectivity index (χ1n) is 4.72. The fraction of sp³-hybridized carbons (Fsp3) is 0.500. The van der Waals surface area contributed by atoms with Gasteiger partial charge in [-0.25, -0.2) is 0 Å². The highest BCUT2D eigenvalue weighted by atomic mass is 19.4. The van der Waals surface area contributed by atoms with E-state index in [-0.39, 0.29) is 0 Å². The largest absolute Gasteiger partial charge is 0.431 e. The molecule has 1 aromatic rings. The molecule has 0 bridgehead atoms. The molecule has 0 saturated carbocycles. The maximum absolute atomic E-state index is 12.6. The van der Waals surface area contributed by atoms with Crippen LogP contribution in [0.4, 0.5) is 13.2 Å². The number of aliphatic hydroxyl groups is 1. The molecule has 2 unspecified atom stereocenters. The van der Waals surface area contributed by atoms with Crippen molar-refractivity contribution in [2.45, 2.75) is 32.2 Å². The Morgan fingerprint density at radius 3 is 2.31 bits per heavy atom. The molecular formula is C10H12F3NO2. The summed E-state index contributed by atoms with van der Waals surface area (Å²) in [6.07, 6.45) is -5.65. The first-order chi connectivity index (χ1) is 7.25. The van der Waals surface area contributed by atoms with Crippen LogP contribution in [0, 0.1) is 0 Å². The van der Waals surface area contributed by atoms with Crippen LogP contribution >= 0.6 is 0 Å². The van der Waals surface area contributed by atoms with Crippen molar-refractivity contribution in [2.75, 3.05) is 0 Å². The van der Waals surface area contributed by atoms with Crippen molar-refractivity contribution in [3.8, 4) is 0 Å². The average molecular weight is 235 g/mol. The molecule has 0 aliphatic carbocycles. The summed E-state index contributed by atoms with van der Waals surface area (Å²) in [7, 11) is 0. The molecule has 0 saturated heterocycles. The summed E-state index contributed by atoms with van der Waals surface area (Å²) in [6, 6.07) is 1.98. The van der Waals surface area contributed by atoms with Gasteiger partial charge in [-0.3, -0.25) is 9.36 Å². The average Bonchev–Trinajstić information content (AvgIpc) is 2.14. The quantitative estimate of drug-likeness (QED) is 0.849. The van der Waals surface area contributed by atoms with E-state index in [9.17, 15) is 23.1 Å². The first kappa shape index (κ1) is 12.8. The van der Waals surface area contributed by atoms with Gasteiger partial charge in [0.15, 0.2) is 0 Å². The van der Waals surface area contributed by atoms with Gasteiger partial charge in [0.1, 0.15) is 5.69 Å². The predicted molar refractivity (Wildman–Crippen MR) is 52.1 cm³/mol. The van der Waals surface area contributed by atoms with Crippen LogP contribution in [0.15, 0.2) is 23.0 Å². The van der Waals surface area contributed by atoms with Crippen molar-refractivity contribution in [2.24, 2.45) is 0 Å². The molecule has 1 N–H and O–H groups in total. The zero-order valence-corrected chi connectivity index (χ0v) is 8.82. The van der Waals surface area contributed by atoms with E-state index in [1.165, 1.54) is 13.8 Å². The van der Waals surface area contributed by atoms with Crippen molar-refractivity contribution in [1.29, 1.82) is 0 Å². The first-order valence-corrected chi connectivity index (χ1v) is 4.72. The number of alkyl halides is 3. The highest BCUT2D eigenvalue weighted by Crippen LogP contribution is 2.30. The van der Waals surface area contributed by atoms with Crippen molar-refractivity contribution in [1.82, 2.24) is 4.57 Å². The summed E-state index contributed by atoms with van der Waals surface area (Å²) in [5.74, 6) is 0. The number of nitrogens with zero attached hydrogens (tertiary/aromatic N) is 1. The minimum absolute atomic E-state index is 0.560. The number of hydrogen-bond donors (Lipinski definition) is 1. The molecule has 1 aromatic heterocycles. The summed E-state index contributed by atoms with van der Waals surface area (Å²) in [6.45, 7) is 2.70. The number of aliphatic hydroxyl groups excluding tert-OH is 1. The molecule has 0 radical (unpaired) electrons. The van der Waals surface area contributed by atoms with Crippen LogP contribution in [0.25, 0.3) is 0 Å². The van der Waals surface area contributed by atoms with Crippen LogP contribution in [0.1, 0.15) is 25.6 Å². The molecule has 0 fully saturated rings. The van der Waals surface area contributed by atoms with Crippen LogP contribution in [-0.4, -0.2) is 15.8 Å². The highest BCUT2D eigenvalue weighted by molar-refractivity contribution is 5.11. The monoisotopic (exact) mass is 235 g/mol. The molecule has 0 aliphatic heterocycles. The van der Waals surface area contributed by atoms with Crippen molar-refractivity contribution in [3.63, 3.8) is 0 Å². The van der Waals surface area contributed by atoms with Crippen LogP contribution in [0.3, 0.4) is 0 Å². The number of halogens is 3. The van der Waals surface area contributed by atoms with E-state index in [0.717, 1.165) is 18.2 Å². The molecule has 1 rings (SSSR count). The van der Waals surface area contributed by atoms with E-state index in [2.05, 4.69) is 0 Å². The van der Waals surface area contributed by atoms with E-state index >= 15 is 0 Å². The fourth-order valence-corrected chi connectivity index (χ4v) is 1.37. The van der Waals surface area contributed by atoms with Gasteiger partial charge in [0.25, 0.3) is 5.56 Å². The Balaban J connectivity index is 3.42. The molecule has 0 amide bonds. The van der Waals surface area contributed by atoms with Gasteiger partial charge in [-0.15, -0.1) is 0 Å². The van der Waals surface area contributed by atoms with Crippen molar-refractivity contribution in [3.05, 3.63) is 34.2 Å². The molecule has 0 aliphatic rings. The lowest BCUT2D eigenvalue weighted by atomic mass is 10.2. The van der Waals surface area contributed by atoms with Crippen LogP contribution in [-0.2, 0) is 6.18 Å². The summed E-state index contributed by atoms with van der Waals surface area (Å²) < 4.78 is 38.4. The van der Waals surface area contributed by atoms with Crippen LogP contribution < -0.4 is 5.56 Å². The Bertz CT molecular complexity index is 423. The Hall–Kier alpha value is -1.30. The third-order valence-electron chi connectivity index (χ3n) is 2.39. The molecule has 3 nitrogen and oxygen atoms in total. The Kier molecular flexibility index (Phi) is 3.42. The zero-order valence-electron chi connectivity index (χ0n) is 8.82. The van der Waals surface area contributed by atoms with Gasteiger partial charge in [-0.1, -0.05) is 6.07 Å². The second-order valence-electron chi connectivity index (χ2n) is 3.60. The summed E-state index contributed by atoms with van der Waals surface area (Å²) >= 11 is 0. The van der Waals surface area contributed by atoms with Crippen molar-refractivity contribution >= 4 is 0 Å². The number of rotatable bonds is 2. The second-order valence-corrected chi connectivity index (χ2v) is 3.60. The van der Waals surface area contributed by atoms with Gasteiger partial charge in [-0.2, -0.15) is 13.2 Å². The third-order valence-corrected chi connectivity index (χ3v) is 2.39. The van der Waals surface area contributed by atoms with E-state index < -0.39 is 29.6 Å². The molecule has 90 valence electrons. The lowest BCUT2D eigenvalue weighted by Gasteiger charge is -2.22. The van der Waals surface area contributed by atoms with Gasteiger partial charge < -0.3 is 5.11 Å². The molecule has 6 heteroatoms. The summed E-state index contributed by atoms with van der Waals surface area (Å²) in [5.41, 5.74) is -1.82. The Labute approximate surface area is 90.1 Å². The number of hydrogen-bond acceptors (Lipinski definition) is 2. The summed E-state index contributed by atoms with van der Waals surface area (Å²) in [4.78, 5) is 11.4. The molecule has 1 heterocycles. The molecular weight excluding hydrogens is 223 g/mol. The van der Waals surface area contributed by atoms with Crippen LogP contribution in [0.2, 0.25) is 0 Å². The van der Waals surface area contributed by atoms with Gasteiger partial charge in [0.2, 0.25) is 0 Å². The van der Waals surface area contributed by atoms with E-state index in [0.29, 0.717) is 4.57 Å². The summed E-state index contributed by atoms with van der Waals surface area (Å²) in [5, 5.41) is 9.26. The standard InChI is InChI=1S/C10H12F3NO2/c1-6(7(2)15)14-8(10(11,12)13)4-3-5-9(14)16/h3-7,15H,1-2H3. The van der Waals surface area contributed by atoms with Gasteiger partial charge in [-0.05, 0) is 19.9 Å². The fourth-order valence-electron chi connectivity index (χ4n) is 1.37. The molecule has 16 heavy (non-hydrogen) atoms. The normalized spacial score (nSPS) is 15.9. The third kappa shape index (κ3) is 2.44. The van der Waals surface area contributed by atoms with Crippen LogP contribution in [0.5, 0.6) is 0 Å². The van der Waals surface area contributed by atoms with Gasteiger partial charge in [0, 0.05) is 6.07 Å². The zero-order chi connectivity index (χ0) is 12.5.